The standard InChI is InChI=1S/C20H26N2O4S/c1-15-8-5-11-19(16(15)2)21-20(23)12-7-13-22(27(4,24)25)17-9-6-10-18(14-17)26-3/h5-6,8-11,14H,7,12-13H2,1-4H3,(H,21,23). The van der Waals surface area contributed by atoms with Crippen LogP contribution in [0.2, 0.25) is 0 Å². The first kappa shape index (κ1) is 20.8. The van der Waals surface area contributed by atoms with Crippen LogP contribution in [-0.4, -0.2) is 34.2 Å². The molecule has 0 aliphatic carbocycles. The van der Waals surface area contributed by atoms with Crippen LogP contribution >= 0.6 is 0 Å². The molecule has 2 aromatic carbocycles. The van der Waals surface area contributed by atoms with Crippen molar-refractivity contribution >= 4 is 27.3 Å². The number of hydrogen-bond acceptors (Lipinski definition) is 4. The van der Waals surface area contributed by atoms with E-state index < -0.39 is 10.0 Å². The van der Waals surface area contributed by atoms with Crippen molar-refractivity contribution in [1.82, 2.24) is 0 Å². The van der Waals surface area contributed by atoms with Crippen LogP contribution in [-0.2, 0) is 14.8 Å². The van der Waals surface area contributed by atoms with E-state index >= 15 is 0 Å². The second kappa shape index (κ2) is 8.90. The van der Waals surface area contributed by atoms with Gasteiger partial charge in [0.2, 0.25) is 15.9 Å². The average Bonchev–Trinajstić information content (AvgIpc) is 2.61. The fourth-order valence-electron chi connectivity index (χ4n) is 2.73. The SMILES string of the molecule is COc1cccc(N(CCCC(=O)Nc2cccc(C)c2C)S(C)(=O)=O)c1. The third-order valence-corrected chi connectivity index (χ3v) is 5.58. The summed E-state index contributed by atoms with van der Waals surface area (Å²) in [5.41, 5.74) is 3.44. The Hall–Kier alpha value is -2.54. The maximum absolute atomic E-state index is 12.2. The maximum Gasteiger partial charge on any atom is 0.232 e. The molecule has 0 saturated heterocycles. The van der Waals surface area contributed by atoms with Crippen LogP contribution in [0, 0.1) is 13.8 Å². The molecule has 6 nitrogen and oxygen atoms in total. The third kappa shape index (κ3) is 5.72. The Bertz CT molecular complexity index is 910. The van der Waals surface area contributed by atoms with Gasteiger partial charge in [-0.2, -0.15) is 0 Å². The number of nitrogens with zero attached hydrogens (tertiary/aromatic N) is 1. The first-order valence-corrected chi connectivity index (χ1v) is 10.5. The van der Waals surface area contributed by atoms with E-state index in [1.165, 1.54) is 11.4 Å². The zero-order valence-corrected chi connectivity index (χ0v) is 17.0. The minimum atomic E-state index is -3.47. The van der Waals surface area contributed by atoms with Gasteiger partial charge in [-0.1, -0.05) is 18.2 Å². The van der Waals surface area contributed by atoms with Crippen molar-refractivity contribution in [2.24, 2.45) is 0 Å². The number of rotatable bonds is 8. The highest BCUT2D eigenvalue weighted by Gasteiger charge is 2.18. The summed E-state index contributed by atoms with van der Waals surface area (Å²) in [5.74, 6) is 0.441. The Balaban J connectivity index is 2.01. The topological polar surface area (TPSA) is 75.7 Å². The molecule has 146 valence electrons. The molecule has 2 aromatic rings. The van der Waals surface area contributed by atoms with Gasteiger partial charge >= 0.3 is 0 Å². The zero-order chi connectivity index (χ0) is 20.0. The van der Waals surface area contributed by atoms with Gasteiger partial charge in [-0.3, -0.25) is 9.10 Å². The predicted octanol–water partition coefficient (Wildman–Crippen LogP) is 3.50. The molecule has 0 aliphatic rings. The van der Waals surface area contributed by atoms with E-state index in [-0.39, 0.29) is 18.9 Å². The summed E-state index contributed by atoms with van der Waals surface area (Å²) >= 11 is 0. The van der Waals surface area contributed by atoms with Gasteiger partial charge in [0.25, 0.3) is 0 Å². The van der Waals surface area contributed by atoms with Gasteiger partial charge in [0.1, 0.15) is 5.75 Å². The van der Waals surface area contributed by atoms with Crippen molar-refractivity contribution in [3.8, 4) is 5.75 Å². The Morgan fingerprint density at radius 2 is 1.85 bits per heavy atom. The summed E-state index contributed by atoms with van der Waals surface area (Å²) in [6.07, 6.45) is 1.78. The lowest BCUT2D eigenvalue weighted by atomic mass is 10.1. The molecule has 0 radical (unpaired) electrons. The molecule has 0 unspecified atom stereocenters. The van der Waals surface area contributed by atoms with E-state index in [0.717, 1.165) is 23.1 Å². The number of carbonyl (C=O) groups is 1. The lowest BCUT2D eigenvalue weighted by Gasteiger charge is -2.22. The van der Waals surface area contributed by atoms with Crippen LogP contribution in [0.3, 0.4) is 0 Å². The number of ether oxygens (including phenoxy) is 1. The summed E-state index contributed by atoms with van der Waals surface area (Å²) in [5, 5.41) is 2.89. The Morgan fingerprint density at radius 1 is 1.15 bits per heavy atom. The van der Waals surface area contributed by atoms with Crippen LogP contribution < -0.4 is 14.4 Å². The lowest BCUT2D eigenvalue weighted by Crippen LogP contribution is -2.31. The van der Waals surface area contributed by atoms with Gasteiger partial charge < -0.3 is 10.1 Å². The van der Waals surface area contributed by atoms with Crippen molar-refractivity contribution in [3.63, 3.8) is 0 Å². The highest BCUT2D eigenvalue weighted by Crippen LogP contribution is 2.24. The van der Waals surface area contributed by atoms with E-state index in [4.69, 9.17) is 4.74 Å². The van der Waals surface area contributed by atoms with Crippen molar-refractivity contribution in [2.45, 2.75) is 26.7 Å². The van der Waals surface area contributed by atoms with E-state index in [9.17, 15) is 13.2 Å². The molecule has 1 amide bonds. The number of amides is 1. The van der Waals surface area contributed by atoms with Crippen LogP contribution in [0.15, 0.2) is 42.5 Å². The number of anilines is 2. The fourth-order valence-corrected chi connectivity index (χ4v) is 3.69. The molecule has 0 aromatic heterocycles. The molecule has 0 saturated carbocycles. The minimum Gasteiger partial charge on any atom is -0.497 e. The summed E-state index contributed by atoms with van der Waals surface area (Å²) in [6.45, 7) is 4.16. The Labute approximate surface area is 161 Å². The van der Waals surface area contributed by atoms with Gasteiger partial charge in [-0.25, -0.2) is 8.42 Å². The van der Waals surface area contributed by atoms with Crippen molar-refractivity contribution in [1.29, 1.82) is 0 Å². The van der Waals surface area contributed by atoms with Crippen LogP contribution in [0.5, 0.6) is 5.75 Å². The number of hydrogen-bond donors (Lipinski definition) is 1. The minimum absolute atomic E-state index is 0.136. The molecule has 0 heterocycles. The summed E-state index contributed by atoms with van der Waals surface area (Å²) < 4.78 is 30.8. The number of methoxy groups -OCH3 is 1. The molecule has 1 N–H and O–H groups in total. The van der Waals surface area contributed by atoms with E-state index in [2.05, 4.69) is 5.32 Å². The first-order chi connectivity index (χ1) is 12.7. The molecule has 0 aliphatic heterocycles. The molecule has 2 rings (SSSR count). The average molecular weight is 391 g/mol. The van der Waals surface area contributed by atoms with Crippen molar-refractivity contribution in [2.75, 3.05) is 29.5 Å². The number of carbonyl (C=O) groups excluding carboxylic acids is 1. The molecule has 27 heavy (non-hydrogen) atoms. The summed E-state index contributed by atoms with van der Waals surface area (Å²) in [7, 11) is -1.94. The second-order valence-corrected chi connectivity index (χ2v) is 8.34. The second-order valence-electron chi connectivity index (χ2n) is 6.44. The number of aryl methyl sites for hydroxylation is 1. The van der Waals surface area contributed by atoms with E-state index in [0.29, 0.717) is 17.9 Å². The van der Waals surface area contributed by atoms with Crippen molar-refractivity contribution < 1.29 is 17.9 Å². The molecular formula is C20H26N2O4S. The largest absolute Gasteiger partial charge is 0.497 e. The quantitative estimate of drug-likeness (QED) is 0.749. The van der Waals surface area contributed by atoms with Crippen molar-refractivity contribution in [3.05, 3.63) is 53.6 Å². The lowest BCUT2D eigenvalue weighted by molar-refractivity contribution is -0.116. The monoisotopic (exact) mass is 390 g/mol. The van der Waals surface area contributed by atoms with Gasteiger partial charge in [0, 0.05) is 24.7 Å². The highest BCUT2D eigenvalue weighted by atomic mass is 32.2. The molecule has 0 atom stereocenters. The molecular weight excluding hydrogens is 364 g/mol. The molecule has 0 fully saturated rings. The third-order valence-electron chi connectivity index (χ3n) is 4.39. The van der Waals surface area contributed by atoms with Crippen LogP contribution in [0.1, 0.15) is 24.0 Å². The number of benzene rings is 2. The summed E-state index contributed by atoms with van der Waals surface area (Å²) in [6, 6.07) is 12.6. The zero-order valence-electron chi connectivity index (χ0n) is 16.2. The molecule has 7 heteroatoms. The van der Waals surface area contributed by atoms with Crippen LogP contribution in [0.25, 0.3) is 0 Å². The normalized spacial score (nSPS) is 11.1. The Kier molecular flexibility index (Phi) is 6.85. The maximum atomic E-state index is 12.2. The van der Waals surface area contributed by atoms with Gasteiger partial charge in [-0.15, -0.1) is 0 Å². The first-order valence-electron chi connectivity index (χ1n) is 8.70. The van der Waals surface area contributed by atoms with Gasteiger partial charge in [0.05, 0.1) is 19.1 Å². The highest BCUT2D eigenvalue weighted by molar-refractivity contribution is 7.92. The number of nitrogens with one attached hydrogen (secondary N) is 1. The molecule has 0 spiro atoms. The Morgan fingerprint density at radius 3 is 2.52 bits per heavy atom. The van der Waals surface area contributed by atoms with Crippen LogP contribution in [0.4, 0.5) is 11.4 Å². The smallest absolute Gasteiger partial charge is 0.232 e. The molecule has 0 bridgehead atoms. The van der Waals surface area contributed by atoms with Gasteiger partial charge in [0.15, 0.2) is 0 Å². The fraction of sp³-hybridized carbons (Fsp3) is 0.350. The van der Waals surface area contributed by atoms with E-state index in [1.54, 1.807) is 24.3 Å². The predicted molar refractivity (Wildman–Crippen MR) is 109 cm³/mol. The summed E-state index contributed by atoms with van der Waals surface area (Å²) in [4.78, 5) is 12.2. The number of sulfonamides is 1. The van der Waals surface area contributed by atoms with Gasteiger partial charge in [-0.05, 0) is 49.6 Å². The van der Waals surface area contributed by atoms with E-state index in [1.807, 2.05) is 32.0 Å².